The molecule has 1 unspecified atom stereocenters. The Morgan fingerprint density at radius 2 is 1.90 bits per heavy atom. The fourth-order valence-corrected chi connectivity index (χ4v) is 2.77. The smallest absolute Gasteiger partial charge is 0.317 e. The Morgan fingerprint density at radius 1 is 1.24 bits per heavy atom. The number of rotatable bonds is 5. The minimum Gasteiger partial charge on any atom is -0.317 e. The van der Waals surface area contributed by atoms with Gasteiger partial charge in [0.1, 0.15) is 0 Å². The van der Waals surface area contributed by atoms with Crippen molar-refractivity contribution in [3.05, 3.63) is 51.5 Å². The Labute approximate surface area is 126 Å². The van der Waals surface area contributed by atoms with Crippen LogP contribution in [-0.4, -0.2) is 18.1 Å². The van der Waals surface area contributed by atoms with Crippen molar-refractivity contribution in [3.8, 4) is 0 Å². The lowest BCUT2D eigenvalue weighted by molar-refractivity contribution is -0.137. The van der Waals surface area contributed by atoms with E-state index >= 15 is 0 Å². The predicted octanol–water partition coefficient (Wildman–Crippen LogP) is 3.90. The highest BCUT2D eigenvalue weighted by atomic mass is 32.1. The van der Waals surface area contributed by atoms with Crippen LogP contribution in [0, 0.1) is 0 Å². The number of hydrogen-bond donors (Lipinski definition) is 1. The monoisotopic (exact) mass is 314 g/mol. The van der Waals surface area contributed by atoms with Crippen molar-refractivity contribution in [3.63, 3.8) is 0 Å². The number of alkyl halides is 3. The van der Waals surface area contributed by atoms with Crippen LogP contribution in [0.5, 0.6) is 0 Å². The first-order chi connectivity index (χ1) is 9.88. The molecule has 2 nitrogen and oxygen atoms in total. The normalized spacial score (nSPS) is 13.4. The van der Waals surface area contributed by atoms with E-state index in [1.54, 1.807) is 11.3 Å². The van der Waals surface area contributed by atoms with Gasteiger partial charge in [0.2, 0.25) is 0 Å². The SMILES string of the molecule is CNC(C)Cc1csc(Cc2ccc(C(F)(F)F)cc2)n1. The molecule has 0 bridgehead atoms. The topological polar surface area (TPSA) is 24.9 Å². The molecular formula is C15H17F3N2S. The summed E-state index contributed by atoms with van der Waals surface area (Å²) in [7, 11) is 1.90. The zero-order valence-electron chi connectivity index (χ0n) is 11.9. The van der Waals surface area contributed by atoms with Crippen LogP contribution >= 0.6 is 11.3 Å². The summed E-state index contributed by atoms with van der Waals surface area (Å²) in [6.07, 6.45) is -2.87. The van der Waals surface area contributed by atoms with Gasteiger partial charge >= 0.3 is 6.18 Å². The summed E-state index contributed by atoms with van der Waals surface area (Å²) in [5.74, 6) is 0. The van der Waals surface area contributed by atoms with Crippen molar-refractivity contribution < 1.29 is 13.2 Å². The molecule has 2 rings (SSSR count). The van der Waals surface area contributed by atoms with Crippen molar-refractivity contribution in [2.24, 2.45) is 0 Å². The molecule has 1 aromatic heterocycles. The van der Waals surface area contributed by atoms with Crippen molar-refractivity contribution in [1.29, 1.82) is 0 Å². The highest BCUT2D eigenvalue weighted by Gasteiger charge is 2.29. The highest BCUT2D eigenvalue weighted by molar-refractivity contribution is 7.09. The van der Waals surface area contributed by atoms with E-state index in [4.69, 9.17) is 0 Å². The van der Waals surface area contributed by atoms with Gasteiger partial charge in [-0.15, -0.1) is 11.3 Å². The molecule has 0 fully saturated rings. The standard InChI is InChI=1S/C15H17F3N2S/c1-10(19-2)7-13-9-21-14(20-13)8-11-3-5-12(6-4-11)15(16,17)18/h3-6,9-10,19H,7-8H2,1-2H3. The van der Waals surface area contributed by atoms with E-state index in [1.165, 1.54) is 12.1 Å². The molecule has 1 atom stereocenters. The van der Waals surface area contributed by atoms with E-state index in [9.17, 15) is 13.2 Å². The van der Waals surface area contributed by atoms with Gasteiger partial charge in [0.25, 0.3) is 0 Å². The third-order valence-corrected chi connectivity index (χ3v) is 4.14. The molecule has 21 heavy (non-hydrogen) atoms. The molecule has 0 aliphatic rings. The summed E-state index contributed by atoms with van der Waals surface area (Å²) < 4.78 is 37.5. The van der Waals surface area contributed by atoms with E-state index < -0.39 is 11.7 Å². The zero-order valence-corrected chi connectivity index (χ0v) is 12.7. The van der Waals surface area contributed by atoms with Crippen LogP contribution in [0.3, 0.4) is 0 Å². The Hall–Kier alpha value is -1.40. The van der Waals surface area contributed by atoms with Crippen LogP contribution in [0.25, 0.3) is 0 Å². The van der Waals surface area contributed by atoms with E-state index in [0.717, 1.165) is 34.8 Å². The number of likely N-dealkylation sites (N-methyl/N-ethyl adjacent to an activating group) is 1. The van der Waals surface area contributed by atoms with Crippen LogP contribution < -0.4 is 5.32 Å². The van der Waals surface area contributed by atoms with Crippen molar-refractivity contribution in [2.45, 2.75) is 32.0 Å². The minimum atomic E-state index is -4.28. The van der Waals surface area contributed by atoms with Crippen molar-refractivity contribution in [2.75, 3.05) is 7.05 Å². The summed E-state index contributed by atoms with van der Waals surface area (Å²) in [6.45, 7) is 2.08. The Bertz CT molecular complexity index is 575. The van der Waals surface area contributed by atoms with Crippen LogP contribution in [0.1, 0.15) is 28.8 Å². The van der Waals surface area contributed by atoms with Gasteiger partial charge in [0.05, 0.1) is 16.3 Å². The van der Waals surface area contributed by atoms with Crippen molar-refractivity contribution >= 4 is 11.3 Å². The largest absolute Gasteiger partial charge is 0.416 e. The van der Waals surface area contributed by atoms with Crippen molar-refractivity contribution in [1.82, 2.24) is 10.3 Å². The maximum Gasteiger partial charge on any atom is 0.416 e. The molecule has 1 N–H and O–H groups in total. The number of hydrogen-bond acceptors (Lipinski definition) is 3. The molecule has 0 spiro atoms. The van der Waals surface area contributed by atoms with E-state index in [2.05, 4.69) is 17.2 Å². The maximum absolute atomic E-state index is 12.5. The Morgan fingerprint density at radius 3 is 2.48 bits per heavy atom. The average molecular weight is 314 g/mol. The molecule has 0 radical (unpaired) electrons. The number of halogens is 3. The van der Waals surface area contributed by atoms with Gasteiger partial charge in [0, 0.05) is 24.3 Å². The minimum absolute atomic E-state index is 0.353. The van der Waals surface area contributed by atoms with Crippen LogP contribution in [-0.2, 0) is 19.0 Å². The molecule has 0 amide bonds. The maximum atomic E-state index is 12.5. The molecule has 0 saturated carbocycles. The van der Waals surface area contributed by atoms with Gasteiger partial charge < -0.3 is 5.32 Å². The average Bonchev–Trinajstić information content (AvgIpc) is 2.85. The Kier molecular flexibility index (Phi) is 5.00. The van der Waals surface area contributed by atoms with Gasteiger partial charge in [-0.1, -0.05) is 12.1 Å². The van der Waals surface area contributed by atoms with E-state index in [1.807, 2.05) is 12.4 Å². The number of benzene rings is 1. The lowest BCUT2D eigenvalue weighted by Gasteiger charge is -2.07. The number of aromatic nitrogens is 1. The number of thiazole rings is 1. The van der Waals surface area contributed by atoms with Gasteiger partial charge in [-0.05, 0) is 31.7 Å². The second kappa shape index (κ2) is 6.58. The third-order valence-electron chi connectivity index (χ3n) is 3.24. The number of nitrogens with one attached hydrogen (secondary N) is 1. The molecule has 1 aromatic carbocycles. The first-order valence-corrected chi connectivity index (χ1v) is 7.53. The molecule has 2 aromatic rings. The number of nitrogens with zero attached hydrogens (tertiary/aromatic N) is 1. The van der Waals surface area contributed by atoms with Gasteiger partial charge in [-0.3, -0.25) is 0 Å². The molecule has 114 valence electrons. The molecular weight excluding hydrogens is 297 g/mol. The van der Waals surface area contributed by atoms with Crippen LogP contribution in [0.15, 0.2) is 29.6 Å². The van der Waals surface area contributed by atoms with Crippen LogP contribution in [0.4, 0.5) is 13.2 Å². The molecule has 0 saturated heterocycles. The molecule has 0 aliphatic heterocycles. The summed E-state index contributed by atoms with van der Waals surface area (Å²) in [5.41, 5.74) is 1.24. The summed E-state index contributed by atoms with van der Waals surface area (Å²) in [5, 5.41) is 6.08. The molecule has 6 heteroatoms. The fraction of sp³-hybridized carbons (Fsp3) is 0.400. The predicted molar refractivity (Wildman–Crippen MR) is 78.6 cm³/mol. The van der Waals surface area contributed by atoms with Crippen LogP contribution in [0.2, 0.25) is 0 Å². The summed E-state index contributed by atoms with van der Waals surface area (Å²) in [4.78, 5) is 4.52. The third kappa shape index (κ3) is 4.54. The summed E-state index contributed by atoms with van der Waals surface area (Å²) in [6, 6.07) is 5.62. The second-order valence-electron chi connectivity index (χ2n) is 5.00. The lowest BCUT2D eigenvalue weighted by atomic mass is 10.1. The van der Waals surface area contributed by atoms with E-state index in [-0.39, 0.29) is 0 Å². The Balaban J connectivity index is 2.02. The molecule has 0 aliphatic carbocycles. The first-order valence-electron chi connectivity index (χ1n) is 6.65. The lowest BCUT2D eigenvalue weighted by Crippen LogP contribution is -2.23. The summed E-state index contributed by atoms with van der Waals surface area (Å²) >= 11 is 1.55. The highest BCUT2D eigenvalue weighted by Crippen LogP contribution is 2.29. The van der Waals surface area contributed by atoms with Gasteiger partial charge in [0.15, 0.2) is 0 Å². The molecule has 1 heterocycles. The van der Waals surface area contributed by atoms with E-state index in [0.29, 0.717) is 12.5 Å². The fourth-order valence-electron chi connectivity index (χ4n) is 1.93. The zero-order chi connectivity index (χ0) is 15.5. The van der Waals surface area contributed by atoms with Gasteiger partial charge in [-0.25, -0.2) is 4.98 Å². The first kappa shape index (κ1) is 16.0. The van der Waals surface area contributed by atoms with Gasteiger partial charge in [-0.2, -0.15) is 13.2 Å². The quantitative estimate of drug-likeness (QED) is 0.905. The second-order valence-corrected chi connectivity index (χ2v) is 5.94.